The van der Waals surface area contributed by atoms with Gasteiger partial charge in [0.1, 0.15) is 0 Å². The molecular formula is C14H24N4O3. The van der Waals surface area contributed by atoms with Crippen molar-refractivity contribution < 1.29 is 14.2 Å². The van der Waals surface area contributed by atoms with Crippen LogP contribution in [0.2, 0.25) is 0 Å². The van der Waals surface area contributed by atoms with Crippen LogP contribution in [-0.4, -0.2) is 63.6 Å². The van der Waals surface area contributed by atoms with Crippen LogP contribution in [0, 0.1) is 0 Å². The smallest absolute Gasteiger partial charge is 0.232 e. The van der Waals surface area contributed by atoms with Gasteiger partial charge in [0.05, 0.1) is 26.9 Å². The van der Waals surface area contributed by atoms with Gasteiger partial charge >= 0.3 is 0 Å². The first kappa shape index (κ1) is 15.8. The molecule has 1 aliphatic rings. The standard InChI is InChI=1S/C14H24N4O3/c1-19-8-6-15-10-11-5-4-7-18(11)14-16-12(20-2)9-13(17-14)21-3/h9,11,15H,4-8,10H2,1-3H3. The van der Waals surface area contributed by atoms with E-state index < -0.39 is 0 Å². The topological polar surface area (TPSA) is 68.7 Å². The Labute approximate surface area is 125 Å². The Morgan fingerprint density at radius 3 is 2.57 bits per heavy atom. The van der Waals surface area contributed by atoms with Gasteiger partial charge in [-0.15, -0.1) is 0 Å². The number of methoxy groups -OCH3 is 3. The number of hydrogen-bond donors (Lipinski definition) is 1. The zero-order valence-electron chi connectivity index (χ0n) is 13.0. The van der Waals surface area contributed by atoms with Crippen molar-refractivity contribution in [2.45, 2.75) is 18.9 Å². The van der Waals surface area contributed by atoms with Gasteiger partial charge < -0.3 is 24.4 Å². The van der Waals surface area contributed by atoms with Gasteiger partial charge in [-0.1, -0.05) is 0 Å². The number of ether oxygens (including phenoxy) is 3. The largest absolute Gasteiger partial charge is 0.481 e. The molecule has 1 fully saturated rings. The van der Waals surface area contributed by atoms with Gasteiger partial charge in [-0.3, -0.25) is 0 Å². The van der Waals surface area contributed by atoms with Crippen molar-refractivity contribution >= 4 is 5.95 Å². The molecule has 0 aromatic carbocycles. The lowest BCUT2D eigenvalue weighted by Crippen LogP contribution is -2.39. The molecule has 0 aliphatic carbocycles. The maximum atomic E-state index is 5.22. The second kappa shape index (κ2) is 7.99. The predicted octanol–water partition coefficient (Wildman–Crippen LogP) is 0.699. The molecule has 7 heteroatoms. The molecule has 1 saturated heterocycles. The molecule has 118 valence electrons. The molecule has 0 radical (unpaired) electrons. The van der Waals surface area contributed by atoms with Crippen molar-refractivity contribution in [1.29, 1.82) is 0 Å². The van der Waals surface area contributed by atoms with Crippen LogP contribution in [0.5, 0.6) is 11.8 Å². The fraction of sp³-hybridized carbons (Fsp3) is 0.714. The van der Waals surface area contributed by atoms with Crippen LogP contribution in [0.3, 0.4) is 0 Å². The molecule has 2 heterocycles. The van der Waals surface area contributed by atoms with E-state index in [2.05, 4.69) is 20.2 Å². The molecule has 1 unspecified atom stereocenters. The Hall–Kier alpha value is -1.60. The van der Waals surface area contributed by atoms with Crippen LogP contribution in [0.25, 0.3) is 0 Å². The predicted molar refractivity (Wildman–Crippen MR) is 80.2 cm³/mol. The first-order valence-corrected chi connectivity index (χ1v) is 7.22. The molecule has 1 N–H and O–H groups in total. The van der Waals surface area contributed by atoms with Crippen LogP contribution in [0.1, 0.15) is 12.8 Å². The van der Waals surface area contributed by atoms with Gasteiger partial charge in [0.25, 0.3) is 0 Å². The van der Waals surface area contributed by atoms with Gasteiger partial charge in [-0.2, -0.15) is 9.97 Å². The van der Waals surface area contributed by atoms with Crippen LogP contribution < -0.4 is 19.7 Å². The van der Waals surface area contributed by atoms with E-state index in [0.29, 0.717) is 23.8 Å². The third-order valence-electron chi connectivity index (χ3n) is 3.58. The summed E-state index contributed by atoms with van der Waals surface area (Å²) in [5, 5.41) is 3.40. The molecule has 1 aromatic rings. The van der Waals surface area contributed by atoms with E-state index in [1.54, 1.807) is 27.4 Å². The molecule has 0 bridgehead atoms. The Kier molecular flexibility index (Phi) is 6.01. The van der Waals surface area contributed by atoms with E-state index in [1.807, 2.05) is 0 Å². The normalized spacial score (nSPS) is 18.0. The van der Waals surface area contributed by atoms with Crippen molar-refractivity contribution in [2.75, 3.05) is 52.5 Å². The van der Waals surface area contributed by atoms with E-state index in [-0.39, 0.29) is 0 Å². The summed E-state index contributed by atoms with van der Waals surface area (Å²) in [6.45, 7) is 3.42. The SMILES string of the molecule is COCCNCC1CCCN1c1nc(OC)cc(OC)n1. The van der Waals surface area contributed by atoms with Crippen LogP contribution in [0.4, 0.5) is 5.95 Å². The summed E-state index contributed by atoms with van der Waals surface area (Å²) in [5.74, 6) is 1.71. The van der Waals surface area contributed by atoms with Crippen molar-refractivity contribution in [2.24, 2.45) is 0 Å². The van der Waals surface area contributed by atoms with Gasteiger partial charge in [0.15, 0.2) is 0 Å². The van der Waals surface area contributed by atoms with Crippen molar-refractivity contribution in [3.8, 4) is 11.8 Å². The molecule has 2 rings (SSSR count). The Balaban J connectivity index is 2.04. The monoisotopic (exact) mass is 296 g/mol. The van der Waals surface area contributed by atoms with Crippen LogP contribution in [-0.2, 0) is 4.74 Å². The molecule has 0 amide bonds. The average Bonchev–Trinajstić information content (AvgIpc) is 2.99. The summed E-state index contributed by atoms with van der Waals surface area (Å²) in [5.41, 5.74) is 0. The summed E-state index contributed by atoms with van der Waals surface area (Å²) in [4.78, 5) is 11.1. The highest BCUT2D eigenvalue weighted by atomic mass is 16.5. The fourth-order valence-electron chi connectivity index (χ4n) is 2.48. The quantitative estimate of drug-likeness (QED) is 0.708. The number of nitrogens with one attached hydrogen (secondary N) is 1. The number of rotatable bonds is 8. The first-order valence-electron chi connectivity index (χ1n) is 7.22. The van der Waals surface area contributed by atoms with Crippen LogP contribution in [0.15, 0.2) is 6.07 Å². The number of nitrogens with zero attached hydrogens (tertiary/aromatic N) is 3. The van der Waals surface area contributed by atoms with Crippen molar-refractivity contribution in [1.82, 2.24) is 15.3 Å². The van der Waals surface area contributed by atoms with Gasteiger partial charge in [0.2, 0.25) is 17.7 Å². The van der Waals surface area contributed by atoms with Gasteiger partial charge in [0, 0.05) is 32.8 Å². The maximum Gasteiger partial charge on any atom is 0.232 e. The zero-order valence-corrected chi connectivity index (χ0v) is 13.0. The van der Waals surface area contributed by atoms with E-state index in [1.165, 1.54) is 0 Å². The van der Waals surface area contributed by atoms with E-state index in [9.17, 15) is 0 Å². The van der Waals surface area contributed by atoms with E-state index in [4.69, 9.17) is 14.2 Å². The maximum absolute atomic E-state index is 5.22. The molecule has 1 aromatic heterocycles. The summed E-state index contributed by atoms with van der Waals surface area (Å²) in [6, 6.07) is 2.07. The second-order valence-electron chi connectivity index (χ2n) is 4.94. The highest BCUT2D eigenvalue weighted by Gasteiger charge is 2.27. The number of hydrogen-bond acceptors (Lipinski definition) is 7. The summed E-state index contributed by atoms with van der Waals surface area (Å²) >= 11 is 0. The third-order valence-corrected chi connectivity index (χ3v) is 3.58. The molecular weight excluding hydrogens is 272 g/mol. The van der Waals surface area contributed by atoms with Gasteiger partial charge in [-0.25, -0.2) is 0 Å². The van der Waals surface area contributed by atoms with E-state index in [0.717, 1.165) is 39.1 Å². The van der Waals surface area contributed by atoms with Crippen LogP contribution >= 0.6 is 0 Å². The number of anilines is 1. The summed E-state index contributed by atoms with van der Waals surface area (Å²) in [7, 11) is 4.90. The lowest BCUT2D eigenvalue weighted by Gasteiger charge is -2.25. The minimum Gasteiger partial charge on any atom is -0.481 e. The highest BCUT2D eigenvalue weighted by Crippen LogP contribution is 2.26. The molecule has 1 atom stereocenters. The fourth-order valence-corrected chi connectivity index (χ4v) is 2.48. The van der Waals surface area contributed by atoms with Gasteiger partial charge in [-0.05, 0) is 12.8 Å². The molecule has 21 heavy (non-hydrogen) atoms. The second-order valence-corrected chi connectivity index (χ2v) is 4.94. The first-order chi connectivity index (χ1) is 10.3. The Bertz CT molecular complexity index is 422. The lowest BCUT2D eigenvalue weighted by atomic mass is 10.2. The average molecular weight is 296 g/mol. The van der Waals surface area contributed by atoms with Crippen molar-refractivity contribution in [3.63, 3.8) is 0 Å². The Morgan fingerprint density at radius 2 is 1.95 bits per heavy atom. The van der Waals surface area contributed by atoms with E-state index >= 15 is 0 Å². The molecule has 7 nitrogen and oxygen atoms in total. The lowest BCUT2D eigenvalue weighted by molar-refractivity contribution is 0.199. The summed E-state index contributed by atoms with van der Waals surface area (Å²) < 4.78 is 15.5. The minimum absolute atomic E-state index is 0.388. The molecule has 1 aliphatic heterocycles. The molecule has 0 spiro atoms. The summed E-state index contributed by atoms with van der Waals surface area (Å²) in [6.07, 6.45) is 2.27. The minimum atomic E-state index is 0.388. The highest BCUT2D eigenvalue weighted by molar-refractivity contribution is 5.39. The molecule has 0 saturated carbocycles. The van der Waals surface area contributed by atoms with Crippen molar-refractivity contribution in [3.05, 3.63) is 6.07 Å². The Morgan fingerprint density at radius 1 is 1.24 bits per heavy atom. The zero-order chi connectivity index (χ0) is 15.1. The third kappa shape index (κ3) is 4.18. The number of aromatic nitrogens is 2.